The minimum atomic E-state index is -1.79. The number of fused-ring (bicyclic) bond motifs is 2. The quantitative estimate of drug-likeness (QED) is 0.117. The molecule has 0 unspecified atom stereocenters. The number of hydrogen-bond acceptors (Lipinski definition) is 10. The Morgan fingerprint density at radius 3 is 2.41 bits per heavy atom. The van der Waals surface area contributed by atoms with Crippen LogP contribution in [-0.2, 0) is 23.1 Å². The zero-order chi connectivity index (χ0) is 43.9. The van der Waals surface area contributed by atoms with Gasteiger partial charge in [-0.25, -0.2) is 23.5 Å². The Labute approximate surface area is 359 Å². The van der Waals surface area contributed by atoms with E-state index in [0.717, 1.165) is 104 Å². The van der Waals surface area contributed by atoms with Crippen molar-refractivity contribution in [2.75, 3.05) is 44.2 Å². The number of aromatic nitrogens is 6. The van der Waals surface area contributed by atoms with Crippen LogP contribution in [0.5, 0.6) is 5.75 Å². The highest BCUT2D eigenvalue weighted by Crippen LogP contribution is 2.34. The second kappa shape index (κ2) is 17.3. The van der Waals surface area contributed by atoms with E-state index in [4.69, 9.17) is 15.1 Å². The van der Waals surface area contributed by atoms with Crippen molar-refractivity contribution in [1.82, 2.24) is 44.4 Å². The molecule has 328 valence electrons. The summed E-state index contributed by atoms with van der Waals surface area (Å²) in [7, 11) is 1.71. The third-order valence-corrected chi connectivity index (χ3v) is 12.9. The van der Waals surface area contributed by atoms with Gasteiger partial charge in [0.1, 0.15) is 6.04 Å². The number of halogens is 3. The van der Waals surface area contributed by atoms with Crippen LogP contribution in [0.25, 0.3) is 33.3 Å². The van der Waals surface area contributed by atoms with Crippen LogP contribution in [0.3, 0.4) is 0 Å². The smallest absolute Gasteiger partial charge is 0.329 e. The van der Waals surface area contributed by atoms with Crippen molar-refractivity contribution in [3.8, 4) is 17.1 Å². The molecule has 6 aromatic rings. The van der Waals surface area contributed by atoms with E-state index in [0.29, 0.717) is 23.8 Å². The summed E-state index contributed by atoms with van der Waals surface area (Å²) in [6, 6.07) is 11.9. The van der Waals surface area contributed by atoms with Gasteiger partial charge in [0.15, 0.2) is 23.2 Å². The Kier molecular flexibility index (Phi) is 11.5. The number of nitrogens with zero attached hydrogens (tertiary/aromatic N) is 8. The number of anilines is 1. The molecule has 9 rings (SSSR count). The molecule has 3 fully saturated rings. The molecule has 2 saturated heterocycles. The molecule has 0 bridgehead atoms. The van der Waals surface area contributed by atoms with Crippen molar-refractivity contribution in [1.29, 1.82) is 0 Å². The van der Waals surface area contributed by atoms with Gasteiger partial charge in [0.05, 0.1) is 46.2 Å². The number of phenolic OH excluding ortho intramolecular Hbond substituents is 1. The molecule has 5 heterocycles. The first-order valence-electron chi connectivity index (χ1n) is 21.4. The van der Waals surface area contributed by atoms with E-state index < -0.39 is 46.6 Å². The molecular weight excluding hydrogens is 818 g/mol. The van der Waals surface area contributed by atoms with Gasteiger partial charge in [-0.15, -0.1) is 0 Å². The standard InChI is InChI=1S/C45H47F3N10O5/c1-54-37-19-26(6-11-35(37)58(45(54)63)36-12-13-38(59)52-44(36)62)3-2-14-55-15-17-56(18-16-55)31-23-49-42(50-24-31)28-7-8-29-25-57(53-34(29)20-28)30-9-4-27(5-10-30)22-51-43(61)32-21-33(46)41(60)40(48)39(32)47/h6-8,11,19-21,23-25,27,30,36,60H,2-5,9-10,12-18,22H2,1H3,(H,51,61)(H,52,59,62)/t27?,30?,36-/m1/s1. The highest BCUT2D eigenvalue weighted by molar-refractivity contribution is 6.00. The lowest BCUT2D eigenvalue weighted by Gasteiger charge is -2.35. The van der Waals surface area contributed by atoms with Gasteiger partial charge in [-0.1, -0.05) is 18.2 Å². The van der Waals surface area contributed by atoms with E-state index in [1.165, 1.54) is 4.57 Å². The molecule has 1 atom stereocenters. The second-order valence-electron chi connectivity index (χ2n) is 16.8. The fourth-order valence-corrected chi connectivity index (χ4v) is 9.22. The number of carbonyl (C=O) groups excluding carboxylic acids is 3. The van der Waals surface area contributed by atoms with E-state index in [1.807, 2.05) is 59.7 Å². The van der Waals surface area contributed by atoms with Gasteiger partial charge in [-0.3, -0.25) is 38.4 Å². The van der Waals surface area contributed by atoms with Crippen LogP contribution in [0.2, 0.25) is 0 Å². The zero-order valence-corrected chi connectivity index (χ0v) is 34.7. The lowest BCUT2D eigenvalue weighted by molar-refractivity contribution is -0.135. The number of imide groups is 1. The largest absolute Gasteiger partial charge is 0.503 e. The molecule has 3 aromatic heterocycles. The highest BCUT2D eigenvalue weighted by atomic mass is 19.2. The predicted octanol–water partition coefficient (Wildman–Crippen LogP) is 5.16. The molecule has 3 N–H and O–H groups in total. The Bertz CT molecular complexity index is 2790. The van der Waals surface area contributed by atoms with E-state index in [-0.39, 0.29) is 36.5 Å². The maximum atomic E-state index is 14.2. The maximum absolute atomic E-state index is 14.2. The Morgan fingerprint density at radius 1 is 0.905 bits per heavy atom. The average Bonchev–Trinajstić information content (AvgIpc) is 3.83. The van der Waals surface area contributed by atoms with Crippen molar-refractivity contribution < 1.29 is 32.7 Å². The molecule has 0 radical (unpaired) electrons. The molecule has 18 heteroatoms. The molecule has 3 aromatic carbocycles. The fraction of sp³-hybridized carbons (Fsp3) is 0.400. The number of aryl methyl sites for hydroxylation is 2. The molecule has 2 aliphatic heterocycles. The summed E-state index contributed by atoms with van der Waals surface area (Å²) in [5.74, 6) is -7.19. The lowest BCUT2D eigenvalue weighted by Crippen LogP contribution is -2.46. The van der Waals surface area contributed by atoms with Crippen LogP contribution in [0.4, 0.5) is 18.9 Å². The number of nitrogens with one attached hydrogen (secondary N) is 2. The van der Waals surface area contributed by atoms with Gasteiger partial charge in [-0.05, 0) is 87.2 Å². The van der Waals surface area contributed by atoms with E-state index >= 15 is 0 Å². The molecular formula is C45H47F3N10O5. The van der Waals surface area contributed by atoms with Crippen LogP contribution in [0, 0.1) is 23.4 Å². The number of hydrogen-bond donors (Lipinski definition) is 3. The summed E-state index contributed by atoms with van der Waals surface area (Å²) in [5, 5.41) is 20.1. The van der Waals surface area contributed by atoms with E-state index in [1.54, 1.807) is 11.6 Å². The Hall–Kier alpha value is -6.56. The summed E-state index contributed by atoms with van der Waals surface area (Å²) in [4.78, 5) is 64.0. The minimum Gasteiger partial charge on any atom is -0.503 e. The van der Waals surface area contributed by atoms with Gasteiger partial charge in [0, 0.05) is 63.3 Å². The fourth-order valence-electron chi connectivity index (χ4n) is 9.22. The third kappa shape index (κ3) is 8.38. The number of amides is 3. The second-order valence-corrected chi connectivity index (χ2v) is 16.8. The molecule has 0 spiro atoms. The molecule has 15 nitrogen and oxygen atoms in total. The molecule has 63 heavy (non-hydrogen) atoms. The number of benzene rings is 3. The lowest BCUT2D eigenvalue weighted by atomic mass is 9.86. The van der Waals surface area contributed by atoms with Gasteiger partial charge >= 0.3 is 5.69 Å². The van der Waals surface area contributed by atoms with Gasteiger partial charge in [-0.2, -0.15) is 9.49 Å². The van der Waals surface area contributed by atoms with Crippen LogP contribution < -0.4 is 21.2 Å². The first kappa shape index (κ1) is 41.8. The number of aromatic hydroxyl groups is 1. The molecule has 3 amide bonds. The van der Waals surface area contributed by atoms with Crippen molar-refractivity contribution in [3.63, 3.8) is 0 Å². The topological polar surface area (TPSA) is 173 Å². The van der Waals surface area contributed by atoms with Gasteiger partial charge < -0.3 is 15.3 Å². The van der Waals surface area contributed by atoms with E-state index in [9.17, 15) is 37.5 Å². The van der Waals surface area contributed by atoms with Crippen molar-refractivity contribution >= 4 is 45.3 Å². The SMILES string of the molecule is Cn1c(=O)n([C@@H]2CCC(=O)NC2=O)c2ccc(CCCN3CCN(c4cnc(-c5ccc6cn(C7CCC(CNC(=O)c8cc(F)c(O)c(F)c8F)CC7)nc6c5)nc4)CC3)cc21. The summed E-state index contributed by atoms with van der Waals surface area (Å²) < 4.78 is 46.7. The third-order valence-electron chi connectivity index (χ3n) is 12.9. The number of piperidine rings is 1. The summed E-state index contributed by atoms with van der Waals surface area (Å²) in [6.45, 7) is 4.70. The maximum Gasteiger partial charge on any atom is 0.329 e. The molecule has 1 saturated carbocycles. The summed E-state index contributed by atoms with van der Waals surface area (Å²) in [6.07, 6.45) is 11.3. The number of rotatable bonds is 11. The normalized spacial score (nSPS) is 19.8. The minimum absolute atomic E-state index is 0.107. The number of phenols is 1. The number of piperazine rings is 1. The zero-order valence-electron chi connectivity index (χ0n) is 34.7. The number of carbonyl (C=O) groups is 3. The monoisotopic (exact) mass is 864 g/mol. The summed E-state index contributed by atoms with van der Waals surface area (Å²) in [5.41, 5.74) is 4.20. The predicted molar refractivity (Wildman–Crippen MR) is 228 cm³/mol. The molecule has 3 aliphatic rings. The Morgan fingerprint density at radius 2 is 1.67 bits per heavy atom. The summed E-state index contributed by atoms with van der Waals surface area (Å²) >= 11 is 0. The van der Waals surface area contributed by atoms with Crippen molar-refractivity contribution in [2.45, 2.75) is 63.5 Å². The first-order chi connectivity index (χ1) is 30.4. The van der Waals surface area contributed by atoms with Crippen LogP contribution in [0.15, 0.2) is 65.8 Å². The number of imidazole rings is 1. The van der Waals surface area contributed by atoms with Crippen molar-refractivity contribution in [2.24, 2.45) is 13.0 Å². The average molecular weight is 865 g/mol. The van der Waals surface area contributed by atoms with Crippen LogP contribution in [-0.4, -0.2) is 95.9 Å². The Balaban J connectivity index is 0.737. The van der Waals surface area contributed by atoms with Gasteiger partial charge in [0.25, 0.3) is 5.91 Å². The van der Waals surface area contributed by atoms with Crippen molar-refractivity contribution in [3.05, 3.63) is 100 Å². The highest BCUT2D eigenvalue weighted by Gasteiger charge is 2.32. The first-order valence-corrected chi connectivity index (χ1v) is 21.4. The van der Waals surface area contributed by atoms with Gasteiger partial charge in [0.2, 0.25) is 17.6 Å². The van der Waals surface area contributed by atoms with Crippen LogP contribution >= 0.6 is 0 Å². The van der Waals surface area contributed by atoms with Crippen LogP contribution in [0.1, 0.15) is 73.0 Å². The molecule has 1 aliphatic carbocycles. The van der Waals surface area contributed by atoms with E-state index in [2.05, 4.69) is 20.4 Å².